The first-order valence-corrected chi connectivity index (χ1v) is 7.90. The zero-order valence-corrected chi connectivity index (χ0v) is 13.1. The smallest absolute Gasteiger partial charge is 0.255 e. The molecule has 5 nitrogen and oxygen atoms in total. The number of hydrogen-bond acceptors (Lipinski definition) is 4. The van der Waals surface area contributed by atoms with E-state index in [0.717, 1.165) is 32.7 Å². The second-order valence-corrected chi connectivity index (χ2v) is 5.76. The van der Waals surface area contributed by atoms with Gasteiger partial charge in [-0.15, -0.1) is 0 Å². The Morgan fingerprint density at radius 3 is 2.48 bits per heavy atom. The van der Waals surface area contributed by atoms with Crippen molar-refractivity contribution in [2.24, 2.45) is 0 Å². The third-order valence-electron chi connectivity index (χ3n) is 4.04. The number of benzene rings is 2. The van der Waals surface area contributed by atoms with Gasteiger partial charge in [-0.1, -0.05) is 24.3 Å². The second kappa shape index (κ2) is 7.26. The van der Waals surface area contributed by atoms with Crippen LogP contribution >= 0.6 is 0 Å². The van der Waals surface area contributed by atoms with Crippen LogP contribution in [0.1, 0.15) is 15.9 Å². The van der Waals surface area contributed by atoms with Crippen molar-refractivity contribution in [3.8, 4) is 0 Å². The van der Waals surface area contributed by atoms with Crippen LogP contribution in [0.5, 0.6) is 0 Å². The van der Waals surface area contributed by atoms with Crippen LogP contribution in [0.25, 0.3) is 0 Å². The number of amides is 1. The molecule has 1 amide bonds. The highest BCUT2D eigenvalue weighted by atomic mass is 16.1. The van der Waals surface area contributed by atoms with E-state index < -0.39 is 0 Å². The Morgan fingerprint density at radius 2 is 1.78 bits per heavy atom. The molecule has 0 aromatic heterocycles. The molecule has 23 heavy (non-hydrogen) atoms. The first kappa shape index (κ1) is 15.5. The van der Waals surface area contributed by atoms with Crippen LogP contribution in [0.3, 0.4) is 0 Å². The third-order valence-corrected chi connectivity index (χ3v) is 4.04. The van der Waals surface area contributed by atoms with Gasteiger partial charge in [-0.2, -0.15) is 0 Å². The maximum atomic E-state index is 12.3. The van der Waals surface area contributed by atoms with Gasteiger partial charge in [0.1, 0.15) is 0 Å². The van der Waals surface area contributed by atoms with Gasteiger partial charge in [0, 0.05) is 38.3 Å². The first-order valence-electron chi connectivity index (χ1n) is 7.90. The highest BCUT2D eigenvalue weighted by Gasteiger charge is 2.11. The molecular formula is C18H22N4O. The number of carbonyl (C=O) groups is 1. The molecule has 4 N–H and O–H groups in total. The number of nitrogens with one attached hydrogen (secondary N) is 2. The minimum absolute atomic E-state index is 0.142. The lowest BCUT2D eigenvalue weighted by molar-refractivity contribution is 0.102. The van der Waals surface area contributed by atoms with Crippen LogP contribution in [-0.4, -0.2) is 37.0 Å². The summed E-state index contributed by atoms with van der Waals surface area (Å²) in [6, 6.07) is 15.0. The van der Waals surface area contributed by atoms with Crippen LogP contribution in [0, 0.1) is 0 Å². The summed E-state index contributed by atoms with van der Waals surface area (Å²) in [5.74, 6) is -0.142. The molecule has 1 fully saturated rings. The lowest BCUT2D eigenvalue weighted by Crippen LogP contribution is -2.42. The predicted molar refractivity (Wildman–Crippen MR) is 93.4 cm³/mol. The Bertz CT molecular complexity index is 663. The molecule has 120 valence electrons. The van der Waals surface area contributed by atoms with E-state index in [9.17, 15) is 4.79 Å². The highest BCUT2D eigenvalue weighted by Crippen LogP contribution is 2.18. The first-order chi connectivity index (χ1) is 11.2. The van der Waals surface area contributed by atoms with Crippen LogP contribution in [-0.2, 0) is 6.54 Å². The maximum absolute atomic E-state index is 12.3. The van der Waals surface area contributed by atoms with E-state index in [1.165, 1.54) is 5.56 Å². The summed E-state index contributed by atoms with van der Waals surface area (Å²) in [7, 11) is 0. The third kappa shape index (κ3) is 4.09. The van der Waals surface area contributed by atoms with Gasteiger partial charge in [-0.3, -0.25) is 9.69 Å². The van der Waals surface area contributed by atoms with E-state index in [-0.39, 0.29) is 5.91 Å². The molecule has 5 heteroatoms. The Labute approximate surface area is 136 Å². The molecule has 2 aromatic carbocycles. The molecule has 0 bridgehead atoms. The van der Waals surface area contributed by atoms with Gasteiger partial charge >= 0.3 is 0 Å². The minimum Gasteiger partial charge on any atom is -0.397 e. The minimum atomic E-state index is -0.142. The molecule has 2 aromatic rings. The van der Waals surface area contributed by atoms with Crippen molar-refractivity contribution < 1.29 is 4.79 Å². The fourth-order valence-electron chi connectivity index (χ4n) is 2.69. The molecule has 1 aliphatic heterocycles. The van der Waals surface area contributed by atoms with Crippen molar-refractivity contribution in [2.75, 3.05) is 37.2 Å². The number of para-hydroxylation sites is 2. The monoisotopic (exact) mass is 310 g/mol. The largest absolute Gasteiger partial charge is 0.397 e. The number of nitrogens with two attached hydrogens (primary N) is 1. The van der Waals surface area contributed by atoms with E-state index in [2.05, 4.69) is 15.5 Å². The van der Waals surface area contributed by atoms with Gasteiger partial charge in [-0.05, 0) is 29.8 Å². The summed E-state index contributed by atoms with van der Waals surface area (Å²) >= 11 is 0. The Morgan fingerprint density at radius 1 is 1.09 bits per heavy atom. The average Bonchev–Trinajstić information content (AvgIpc) is 2.58. The fraction of sp³-hybridized carbons (Fsp3) is 0.278. The lowest BCUT2D eigenvalue weighted by atomic mass is 10.1. The van der Waals surface area contributed by atoms with Crippen molar-refractivity contribution in [3.63, 3.8) is 0 Å². The number of rotatable bonds is 4. The fourth-order valence-corrected chi connectivity index (χ4v) is 2.69. The van der Waals surface area contributed by atoms with Crippen LogP contribution < -0.4 is 16.4 Å². The summed E-state index contributed by atoms with van der Waals surface area (Å²) < 4.78 is 0. The van der Waals surface area contributed by atoms with Gasteiger partial charge in [0.05, 0.1) is 11.4 Å². The van der Waals surface area contributed by atoms with Crippen LogP contribution in [0.15, 0.2) is 48.5 Å². The number of nitrogen functional groups attached to an aromatic ring is 1. The van der Waals surface area contributed by atoms with Gasteiger partial charge in [0.25, 0.3) is 5.91 Å². The number of carbonyl (C=O) groups excluding carboxylic acids is 1. The van der Waals surface area contributed by atoms with Crippen LogP contribution in [0.4, 0.5) is 11.4 Å². The van der Waals surface area contributed by atoms with Crippen molar-refractivity contribution in [1.29, 1.82) is 0 Å². The summed E-state index contributed by atoms with van der Waals surface area (Å²) in [6.45, 7) is 5.14. The van der Waals surface area contributed by atoms with Crippen molar-refractivity contribution in [1.82, 2.24) is 10.2 Å². The molecule has 0 unspecified atom stereocenters. The number of nitrogens with zero attached hydrogens (tertiary/aromatic N) is 1. The number of anilines is 2. The van der Waals surface area contributed by atoms with Crippen molar-refractivity contribution in [3.05, 3.63) is 59.7 Å². The molecule has 1 saturated heterocycles. The molecule has 0 saturated carbocycles. The number of piperazine rings is 1. The van der Waals surface area contributed by atoms with E-state index in [4.69, 9.17) is 5.73 Å². The van der Waals surface area contributed by atoms with Gasteiger partial charge in [0.2, 0.25) is 0 Å². The summed E-state index contributed by atoms with van der Waals surface area (Å²) in [4.78, 5) is 14.7. The predicted octanol–water partition coefficient (Wildman–Crippen LogP) is 1.93. The standard InChI is InChI=1S/C18H22N4O/c19-16-3-1-2-4-17(16)21-18(23)15-7-5-14(6-8-15)13-22-11-9-20-10-12-22/h1-8,20H,9-13,19H2,(H,21,23). The average molecular weight is 310 g/mol. The van der Waals surface area contributed by atoms with Crippen molar-refractivity contribution in [2.45, 2.75) is 6.54 Å². The summed E-state index contributed by atoms with van der Waals surface area (Å²) in [6.07, 6.45) is 0. The topological polar surface area (TPSA) is 70.4 Å². The molecule has 0 aliphatic carbocycles. The molecule has 0 atom stereocenters. The zero-order valence-electron chi connectivity index (χ0n) is 13.1. The van der Waals surface area contributed by atoms with Gasteiger partial charge in [0.15, 0.2) is 0 Å². The zero-order chi connectivity index (χ0) is 16.1. The van der Waals surface area contributed by atoms with E-state index in [0.29, 0.717) is 16.9 Å². The number of hydrogen-bond donors (Lipinski definition) is 3. The summed E-state index contributed by atoms with van der Waals surface area (Å²) in [5, 5.41) is 6.19. The molecule has 0 radical (unpaired) electrons. The van der Waals surface area contributed by atoms with E-state index in [1.54, 1.807) is 12.1 Å². The van der Waals surface area contributed by atoms with Crippen LogP contribution in [0.2, 0.25) is 0 Å². The lowest BCUT2D eigenvalue weighted by Gasteiger charge is -2.27. The SMILES string of the molecule is Nc1ccccc1NC(=O)c1ccc(CN2CCNCC2)cc1. The molecule has 3 rings (SSSR count). The van der Waals surface area contributed by atoms with Gasteiger partial charge in [-0.25, -0.2) is 0 Å². The molecular weight excluding hydrogens is 288 g/mol. The Hall–Kier alpha value is -2.37. The normalized spacial score (nSPS) is 15.3. The Balaban J connectivity index is 1.62. The quantitative estimate of drug-likeness (QED) is 0.755. The highest BCUT2D eigenvalue weighted by molar-refractivity contribution is 6.05. The summed E-state index contributed by atoms with van der Waals surface area (Å²) in [5.41, 5.74) is 8.92. The maximum Gasteiger partial charge on any atom is 0.255 e. The van der Waals surface area contributed by atoms with Gasteiger partial charge < -0.3 is 16.4 Å². The van der Waals surface area contributed by atoms with Crippen molar-refractivity contribution >= 4 is 17.3 Å². The van der Waals surface area contributed by atoms with E-state index in [1.807, 2.05) is 36.4 Å². The second-order valence-electron chi connectivity index (χ2n) is 5.76. The molecule has 1 aliphatic rings. The molecule has 1 heterocycles. The molecule has 0 spiro atoms. The Kier molecular flexibility index (Phi) is 4.90. The van der Waals surface area contributed by atoms with E-state index >= 15 is 0 Å².